The van der Waals surface area contributed by atoms with E-state index in [1.54, 1.807) is 19.2 Å². The summed E-state index contributed by atoms with van der Waals surface area (Å²) in [7, 11) is 1.60. The second-order valence-electron chi connectivity index (χ2n) is 6.23. The molecule has 3 aromatic carbocycles. The number of hydrogen-bond donors (Lipinski definition) is 2. The lowest BCUT2D eigenvalue weighted by molar-refractivity contribution is 0.419. The molecule has 0 aliphatic rings. The van der Waals surface area contributed by atoms with E-state index in [0.29, 0.717) is 35.3 Å². The fourth-order valence-electron chi connectivity index (χ4n) is 2.96. The maximum absolute atomic E-state index is 13.5. The summed E-state index contributed by atoms with van der Waals surface area (Å²) in [6.07, 6.45) is 0. The highest BCUT2D eigenvalue weighted by atomic mass is 19.1. The summed E-state index contributed by atoms with van der Waals surface area (Å²) < 4.78 is 19.0. The highest BCUT2D eigenvalue weighted by molar-refractivity contribution is 5.94. The van der Waals surface area contributed by atoms with Gasteiger partial charge in [-0.1, -0.05) is 42.5 Å². The molecule has 0 spiro atoms. The van der Waals surface area contributed by atoms with E-state index in [0.717, 1.165) is 10.9 Å². The van der Waals surface area contributed by atoms with Crippen LogP contribution in [0.1, 0.15) is 5.56 Å². The van der Waals surface area contributed by atoms with Crippen molar-refractivity contribution in [3.63, 3.8) is 0 Å². The van der Waals surface area contributed by atoms with Crippen molar-refractivity contribution < 1.29 is 9.13 Å². The van der Waals surface area contributed by atoms with Gasteiger partial charge in [-0.25, -0.2) is 9.37 Å². The van der Waals surface area contributed by atoms with Crippen LogP contribution in [0.2, 0.25) is 0 Å². The minimum absolute atomic E-state index is 0.328. The van der Waals surface area contributed by atoms with Crippen LogP contribution in [0.3, 0.4) is 0 Å². The van der Waals surface area contributed by atoms with Crippen LogP contribution < -0.4 is 15.4 Å². The number of aromatic nitrogens is 2. The van der Waals surface area contributed by atoms with E-state index in [1.807, 2.05) is 48.5 Å². The van der Waals surface area contributed by atoms with Crippen molar-refractivity contribution in [2.24, 2.45) is 0 Å². The van der Waals surface area contributed by atoms with Crippen molar-refractivity contribution in [3.05, 3.63) is 84.2 Å². The van der Waals surface area contributed by atoms with E-state index in [-0.39, 0.29) is 5.82 Å². The molecule has 140 valence electrons. The zero-order valence-electron chi connectivity index (χ0n) is 15.3. The van der Waals surface area contributed by atoms with Gasteiger partial charge in [0.25, 0.3) is 0 Å². The lowest BCUT2D eigenvalue weighted by Gasteiger charge is -2.13. The van der Waals surface area contributed by atoms with Crippen LogP contribution in [0.4, 0.5) is 21.8 Å². The number of methoxy groups -OCH3 is 1. The number of hydrogen-bond acceptors (Lipinski definition) is 5. The Morgan fingerprint density at radius 1 is 0.929 bits per heavy atom. The summed E-state index contributed by atoms with van der Waals surface area (Å²) in [5.41, 5.74) is 2.38. The Bertz CT molecular complexity index is 1100. The van der Waals surface area contributed by atoms with Gasteiger partial charge in [0.1, 0.15) is 22.9 Å². The molecule has 6 heteroatoms. The first-order valence-corrected chi connectivity index (χ1v) is 8.88. The first kappa shape index (κ1) is 17.7. The number of fused-ring (bicyclic) bond motifs is 1. The molecule has 0 bridgehead atoms. The van der Waals surface area contributed by atoms with Gasteiger partial charge in [-0.15, -0.1) is 0 Å². The van der Waals surface area contributed by atoms with Crippen LogP contribution in [-0.4, -0.2) is 17.1 Å². The van der Waals surface area contributed by atoms with E-state index in [4.69, 9.17) is 4.74 Å². The summed E-state index contributed by atoms with van der Waals surface area (Å²) in [6.45, 7) is 0.615. The number of benzene rings is 3. The molecule has 0 fully saturated rings. The summed E-state index contributed by atoms with van der Waals surface area (Å²) in [5, 5.41) is 7.29. The standard InChI is InChI=1S/C22H19FN4O/c1-28-19-12-6-11-18-20(19)26-22(25-17-10-5-9-16(23)13-17)27-21(18)24-14-15-7-3-2-4-8-15/h2-13H,14H2,1H3,(H2,24,25,26,27). The van der Waals surface area contributed by atoms with Crippen molar-refractivity contribution in [2.45, 2.75) is 6.54 Å². The predicted molar refractivity (Wildman–Crippen MR) is 110 cm³/mol. The molecule has 0 atom stereocenters. The van der Waals surface area contributed by atoms with E-state index >= 15 is 0 Å². The Balaban J connectivity index is 1.73. The SMILES string of the molecule is COc1cccc2c(NCc3ccccc3)nc(Nc3cccc(F)c3)nc12. The minimum Gasteiger partial charge on any atom is -0.494 e. The predicted octanol–water partition coefficient (Wildman–Crippen LogP) is 5.13. The topological polar surface area (TPSA) is 59.1 Å². The summed E-state index contributed by atoms with van der Waals surface area (Å²) in [5.74, 6) is 1.35. The zero-order chi connectivity index (χ0) is 19.3. The fourth-order valence-corrected chi connectivity index (χ4v) is 2.96. The van der Waals surface area contributed by atoms with Gasteiger partial charge in [0.05, 0.1) is 7.11 Å². The van der Waals surface area contributed by atoms with Crippen LogP contribution in [-0.2, 0) is 6.54 Å². The number of rotatable bonds is 6. The molecule has 4 rings (SSSR count). The van der Waals surface area contributed by atoms with Crippen molar-refractivity contribution in [2.75, 3.05) is 17.7 Å². The number of anilines is 3. The summed E-state index contributed by atoms with van der Waals surface area (Å²) >= 11 is 0. The summed E-state index contributed by atoms with van der Waals surface area (Å²) in [6, 6.07) is 21.9. The maximum Gasteiger partial charge on any atom is 0.229 e. The van der Waals surface area contributed by atoms with Crippen molar-refractivity contribution in [1.29, 1.82) is 0 Å². The zero-order valence-corrected chi connectivity index (χ0v) is 15.3. The van der Waals surface area contributed by atoms with Crippen LogP contribution in [0.15, 0.2) is 72.8 Å². The molecule has 1 heterocycles. The Morgan fingerprint density at radius 3 is 2.54 bits per heavy atom. The third-order valence-corrected chi connectivity index (χ3v) is 4.29. The quantitative estimate of drug-likeness (QED) is 0.490. The average molecular weight is 374 g/mol. The molecular formula is C22H19FN4O. The van der Waals surface area contributed by atoms with Crippen LogP contribution >= 0.6 is 0 Å². The van der Waals surface area contributed by atoms with Crippen LogP contribution in [0.25, 0.3) is 10.9 Å². The number of para-hydroxylation sites is 1. The molecule has 0 radical (unpaired) electrons. The van der Waals surface area contributed by atoms with Gasteiger partial charge >= 0.3 is 0 Å². The van der Waals surface area contributed by atoms with Gasteiger partial charge in [-0.2, -0.15) is 4.98 Å². The monoisotopic (exact) mass is 374 g/mol. The van der Waals surface area contributed by atoms with Gasteiger partial charge in [0.2, 0.25) is 5.95 Å². The van der Waals surface area contributed by atoms with Gasteiger partial charge in [0.15, 0.2) is 0 Å². The summed E-state index contributed by atoms with van der Waals surface area (Å²) in [4.78, 5) is 9.18. The molecule has 0 saturated heterocycles. The van der Waals surface area contributed by atoms with Crippen LogP contribution in [0.5, 0.6) is 5.75 Å². The van der Waals surface area contributed by atoms with Gasteiger partial charge in [0, 0.05) is 17.6 Å². The van der Waals surface area contributed by atoms with Crippen LogP contribution in [0, 0.1) is 5.82 Å². The van der Waals surface area contributed by atoms with E-state index in [2.05, 4.69) is 20.6 Å². The molecule has 28 heavy (non-hydrogen) atoms. The second kappa shape index (κ2) is 7.92. The van der Waals surface area contributed by atoms with E-state index in [9.17, 15) is 4.39 Å². The van der Waals surface area contributed by atoms with Crippen molar-refractivity contribution >= 4 is 28.4 Å². The smallest absolute Gasteiger partial charge is 0.229 e. The number of halogens is 1. The Morgan fingerprint density at radius 2 is 1.75 bits per heavy atom. The first-order chi connectivity index (χ1) is 13.7. The molecule has 4 aromatic rings. The normalized spacial score (nSPS) is 10.6. The largest absolute Gasteiger partial charge is 0.494 e. The van der Waals surface area contributed by atoms with Crippen molar-refractivity contribution in [1.82, 2.24) is 9.97 Å². The third kappa shape index (κ3) is 3.86. The molecule has 0 saturated carbocycles. The number of ether oxygens (including phenoxy) is 1. The number of nitrogens with zero attached hydrogens (tertiary/aromatic N) is 2. The minimum atomic E-state index is -0.328. The molecule has 2 N–H and O–H groups in total. The molecule has 5 nitrogen and oxygen atoms in total. The lowest BCUT2D eigenvalue weighted by atomic mass is 10.2. The molecule has 0 aliphatic heterocycles. The average Bonchev–Trinajstić information content (AvgIpc) is 2.72. The molecule has 1 aromatic heterocycles. The van der Waals surface area contributed by atoms with E-state index < -0.39 is 0 Å². The Labute approximate surface area is 162 Å². The fraction of sp³-hybridized carbons (Fsp3) is 0.0909. The lowest BCUT2D eigenvalue weighted by Crippen LogP contribution is -2.06. The maximum atomic E-state index is 13.5. The van der Waals surface area contributed by atoms with Gasteiger partial charge < -0.3 is 15.4 Å². The van der Waals surface area contributed by atoms with Crippen molar-refractivity contribution in [3.8, 4) is 5.75 Å². The highest BCUT2D eigenvalue weighted by Crippen LogP contribution is 2.30. The Hall–Kier alpha value is -3.67. The first-order valence-electron chi connectivity index (χ1n) is 8.88. The highest BCUT2D eigenvalue weighted by Gasteiger charge is 2.12. The second-order valence-corrected chi connectivity index (χ2v) is 6.23. The van der Waals surface area contributed by atoms with Gasteiger partial charge in [-0.05, 0) is 35.9 Å². The molecule has 0 aliphatic carbocycles. The Kier molecular flexibility index (Phi) is 5.01. The van der Waals surface area contributed by atoms with E-state index in [1.165, 1.54) is 12.1 Å². The number of nitrogens with one attached hydrogen (secondary N) is 2. The molecule has 0 unspecified atom stereocenters. The molecular weight excluding hydrogens is 355 g/mol. The van der Waals surface area contributed by atoms with Gasteiger partial charge in [-0.3, -0.25) is 0 Å². The molecule has 0 amide bonds. The third-order valence-electron chi connectivity index (χ3n) is 4.29.